The number of nitrogens with one attached hydrogen (secondary N) is 1. The Hall–Kier alpha value is -2.67. The summed E-state index contributed by atoms with van der Waals surface area (Å²) < 4.78 is 5.21. The van der Waals surface area contributed by atoms with Crippen LogP contribution in [0.25, 0.3) is 11.4 Å². The van der Waals surface area contributed by atoms with Crippen LogP contribution in [0, 0.1) is 6.92 Å². The van der Waals surface area contributed by atoms with Gasteiger partial charge in [0.1, 0.15) is 5.75 Å². The summed E-state index contributed by atoms with van der Waals surface area (Å²) in [6.07, 6.45) is 3.39. The summed E-state index contributed by atoms with van der Waals surface area (Å²) in [6, 6.07) is 9.11. The highest BCUT2D eigenvalue weighted by Crippen LogP contribution is 2.22. The molecule has 1 aromatic carbocycles. The number of H-pyrrole nitrogens is 1. The molecule has 24 heavy (non-hydrogen) atoms. The average molecular weight is 340 g/mol. The Labute approximate surface area is 143 Å². The number of nitrogens with zero attached hydrogens (tertiary/aromatic N) is 3. The summed E-state index contributed by atoms with van der Waals surface area (Å²) in [6.45, 7) is 1.92. The van der Waals surface area contributed by atoms with E-state index in [2.05, 4.69) is 20.2 Å². The number of carbonyl (C=O) groups is 1. The van der Waals surface area contributed by atoms with Crippen molar-refractivity contribution < 1.29 is 9.53 Å². The Morgan fingerprint density at radius 1 is 1.25 bits per heavy atom. The molecule has 0 aliphatic rings. The molecule has 3 aromatic rings. The molecule has 0 aliphatic heterocycles. The van der Waals surface area contributed by atoms with Gasteiger partial charge >= 0.3 is 0 Å². The SMILES string of the molecule is COc1ccc(C(=O)CSc2n[nH]c(-c3ccncc3)n2)cc1C. The predicted octanol–water partition coefficient (Wildman–Crippen LogP) is 3.16. The van der Waals surface area contributed by atoms with E-state index in [1.54, 1.807) is 25.6 Å². The van der Waals surface area contributed by atoms with Gasteiger partial charge in [0.25, 0.3) is 0 Å². The number of carbonyl (C=O) groups excluding carboxylic acids is 1. The minimum atomic E-state index is 0.0287. The van der Waals surface area contributed by atoms with E-state index < -0.39 is 0 Å². The fourth-order valence-corrected chi connectivity index (χ4v) is 2.91. The van der Waals surface area contributed by atoms with Gasteiger partial charge in [-0.05, 0) is 42.8 Å². The number of aromatic nitrogens is 4. The van der Waals surface area contributed by atoms with Crippen molar-refractivity contribution in [1.29, 1.82) is 0 Å². The lowest BCUT2D eigenvalue weighted by Gasteiger charge is -2.06. The van der Waals surface area contributed by atoms with Crippen molar-refractivity contribution in [3.63, 3.8) is 0 Å². The van der Waals surface area contributed by atoms with Gasteiger partial charge in [-0.25, -0.2) is 4.98 Å². The fraction of sp³-hybridized carbons (Fsp3) is 0.176. The van der Waals surface area contributed by atoms with Crippen LogP contribution in [0.15, 0.2) is 47.9 Å². The van der Waals surface area contributed by atoms with Crippen LogP contribution in [0.1, 0.15) is 15.9 Å². The summed E-state index contributed by atoms with van der Waals surface area (Å²) in [4.78, 5) is 20.7. The maximum absolute atomic E-state index is 12.3. The van der Waals surface area contributed by atoms with E-state index in [1.165, 1.54) is 11.8 Å². The first-order valence-electron chi connectivity index (χ1n) is 7.31. The van der Waals surface area contributed by atoms with Gasteiger partial charge in [-0.2, -0.15) is 0 Å². The van der Waals surface area contributed by atoms with E-state index in [0.717, 1.165) is 16.9 Å². The first-order valence-corrected chi connectivity index (χ1v) is 8.29. The van der Waals surface area contributed by atoms with Gasteiger partial charge in [-0.15, -0.1) is 5.10 Å². The summed E-state index contributed by atoms with van der Waals surface area (Å²) in [5.41, 5.74) is 2.50. The molecule has 2 aromatic heterocycles. The lowest BCUT2D eigenvalue weighted by Crippen LogP contribution is -2.03. The molecule has 0 saturated heterocycles. The molecule has 0 aliphatic carbocycles. The van der Waals surface area contributed by atoms with E-state index in [4.69, 9.17) is 4.74 Å². The van der Waals surface area contributed by atoms with Crippen LogP contribution in [-0.4, -0.2) is 38.8 Å². The number of Topliss-reactive ketones (excluding diaryl/α,β-unsaturated/α-hetero) is 1. The maximum atomic E-state index is 12.3. The number of pyridine rings is 1. The molecule has 2 heterocycles. The number of ether oxygens (including phenoxy) is 1. The lowest BCUT2D eigenvalue weighted by molar-refractivity contribution is 0.102. The van der Waals surface area contributed by atoms with Gasteiger partial charge < -0.3 is 4.74 Å². The normalized spacial score (nSPS) is 10.6. The molecular formula is C17H16N4O2S. The molecule has 7 heteroatoms. The van der Waals surface area contributed by atoms with Crippen molar-refractivity contribution in [1.82, 2.24) is 20.2 Å². The number of methoxy groups -OCH3 is 1. The van der Waals surface area contributed by atoms with Gasteiger partial charge in [0.2, 0.25) is 5.16 Å². The van der Waals surface area contributed by atoms with Gasteiger partial charge in [-0.1, -0.05) is 11.8 Å². The standard InChI is InChI=1S/C17H16N4O2S/c1-11-9-13(3-4-15(11)23-2)14(22)10-24-17-19-16(20-21-17)12-5-7-18-8-6-12/h3-9H,10H2,1-2H3,(H,19,20,21). The first-order chi connectivity index (χ1) is 11.7. The van der Waals surface area contributed by atoms with Crippen LogP contribution in [0.4, 0.5) is 0 Å². The average Bonchev–Trinajstić information content (AvgIpc) is 3.09. The number of aromatic amines is 1. The summed E-state index contributed by atoms with van der Waals surface area (Å²) >= 11 is 1.30. The Bertz CT molecular complexity index is 849. The number of ketones is 1. The molecule has 0 saturated carbocycles. The zero-order valence-electron chi connectivity index (χ0n) is 13.3. The van der Waals surface area contributed by atoms with E-state index in [9.17, 15) is 4.79 Å². The van der Waals surface area contributed by atoms with Gasteiger partial charge in [0.05, 0.1) is 12.9 Å². The minimum Gasteiger partial charge on any atom is -0.496 e. The van der Waals surface area contributed by atoms with Crippen molar-refractivity contribution in [2.24, 2.45) is 0 Å². The molecule has 0 radical (unpaired) electrons. The highest BCUT2D eigenvalue weighted by Gasteiger charge is 2.12. The van der Waals surface area contributed by atoms with Crippen molar-refractivity contribution in [3.05, 3.63) is 53.9 Å². The Kier molecular flexibility index (Phi) is 4.90. The van der Waals surface area contributed by atoms with Crippen LogP contribution in [0.3, 0.4) is 0 Å². The number of hydrogen-bond donors (Lipinski definition) is 1. The second-order valence-electron chi connectivity index (χ2n) is 5.10. The largest absolute Gasteiger partial charge is 0.496 e. The molecule has 0 amide bonds. The van der Waals surface area contributed by atoms with E-state index >= 15 is 0 Å². The topological polar surface area (TPSA) is 80.8 Å². The summed E-state index contributed by atoms with van der Waals surface area (Å²) in [5.74, 6) is 1.74. The predicted molar refractivity (Wildman–Crippen MR) is 92.4 cm³/mol. The highest BCUT2D eigenvalue weighted by atomic mass is 32.2. The van der Waals surface area contributed by atoms with Crippen LogP contribution in [0.2, 0.25) is 0 Å². The third kappa shape index (κ3) is 3.62. The quantitative estimate of drug-likeness (QED) is 0.548. The summed E-state index contributed by atoms with van der Waals surface area (Å²) in [5, 5.41) is 7.55. The monoisotopic (exact) mass is 340 g/mol. The Morgan fingerprint density at radius 2 is 2.04 bits per heavy atom. The Balaban J connectivity index is 1.65. The van der Waals surface area contributed by atoms with E-state index in [1.807, 2.05) is 31.2 Å². The first kappa shape index (κ1) is 16.2. The third-order valence-corrected chi connectivity index (χ3v) is 4.32. The number of thioether (sulfide) groups is 1. The molecule has 122 valence electrons. The number of aryl methyl sites for hydroxylation is 1. The van der Waals surface area contributed by atoms with Crippen molar-refractivity contribution in [2.45, 2.75) is 12.1 Å². The molecule has 0 fully saturated rings. The number of benzene rings is 1. The number of rotatable bonds is 6. The zero-order valence-corrected chi connectivity index (χ0v) is 14.1. The van der Waals surface area contributed by atoms with Crippen molar-refractivity contribution in [3.8, 4) is 17.1 Å². The summed E-state index contributed by atoms with van der Waals surface area (Å²) in [7, 11) is 1.61. The van der Waals surface area contributed by atoms with Crippen molar-refractivity contribution in [2.75, 3.05) is 12.9 Å². The smallest absolute Gasteiger partial charge is 0.209 e. The van der Waals surface area contributed by atoms with Crippen molar-refractivity contribution >= 4 is 17.5 Å². The Morgan fingerprint density at radius 3 is 2.75 bits per heavy atom. The molecule has 3 rings (SSSR count). The third-order valence-electron chi connectivity index (χ3n) is 3.47. The minimum absolute atomic E-state index is 0.0287. The second kappa shape index (κ2) is 7.27. The highest BCUT2D eigenvalue weighted by molar-refractivity contribution is 7.99. The molecule has 0 unspecified atom stereocenters. The molecule has 0 spiro atoms. The van der Waals surface area contributed by atoms with Crippen LogP contribution in [0.5, 0.6) is 5.75 Å². The van der Waals surface area contributed by atoms with Gasteiger partial charge in [0, 0.05) is 23.5 Å². The van der Waals surface area contributed by atoms with Crippen LogP contribution < -0.4 is 4.74 Å². The van der Waals surface area contributed by atoms with E-state index in [0.29, 0.717) is 16.5 Å². The second-order valence-corrected chi connectivity index (χ2v) is 6.04. The van der Waals surface area contributed by atoms with Gasteiger partial charge in [0.15, 0.2) is 11.6 Å². The van der Waals surface area contributed by atoms with Crippen LogP contribution in [-0.2, 0) is 0 Å². The molecule has 1 N–H and O–H groups in total. The van der Waals surface area contributed by atoms with Gasteiger partial charge in [-0.3, -0.25) is 14.9 Å². The van der Waals surface area contributed by atoms with E-state index in [-0.39, 0.29) is 11.5 Å². The molecule has 0 bridgehead atoms. The lowest BCUT2D eigenvalue weighted by atomic mass is 10.1. The molecular weight excluding hydrogens is 324 g/mol. The fourth-order valence-electron chi connectivity index (χ4n) is 2.22. The molecule has 0 atom stereocenters. The number of hydrogen-bond acceptors (Lipinski definition) is 6. The maximum Gasteiger partial charge on any atom is 0.209 e. The zero-order chi connectivity index (χ0) is 16.9. The van der Waals surface area contributed by atoms with Crippen LogP contribution >= 0.6 is 11.8 Å². The molecule has 6 nitrogen and oxygen atoms in total.